The van der Waals surface area contributed by atoms with Gasteiger partial charge in [0.05, 0.1) is 30.3 Å². The minimum Gasteiger partial charge on any atom is -0.487 e. The molecule has 0 aliphatic heterocycles. The number of rotatable bonds is 7. The highest BCUT2D eigenvalue weighted by atomic mass is 16.5. The van der Waals surface area contributed by atoms with Crippen LogP contribution in [0.5, 0.6) is 5.75 Å². The van der Waals surface area contributed by atoms with Crippen molar-refractivity contribution in [2.75, 3.05) is 5.32 Å². The maximum atomic E-state index is 9.49. The third-order valence-electron chi connectivity index (χ3n) is 4.75. The summed E-state index contributed by atoms with van der Waals surface area (Å²) >= 11 is 0. The van der Waals surface area contributed by atoms with Crippen LogP contribution in [0.1, 0.15) is 18.2 Å². The highest BCUT2D eigenvalue weighted by molar-refractivity contribution is 5.66. The van der Waals surface area contributed by atoms with Gasteiger partial charge in [-0.15, -0.1) is 0 Å². The van der Waals surface area contributed by atoms with Gasteiger partial charge < -0.3 is 14.6 Å². The van der Waals surface area contributed by atoms with Crippen LogP contribution in [-0.2, 0) is 13.6 Å². The van der Waals surface area contributed by atoms with E-state index in [2.05, 4.69) is 31.4 Å². The lowest BCUT2D eigenvalue weighted by Gasteiger charge is -2.18. The van der Waals surface area contributed by atoms with E-state index in [0.717, 1.165) is 22.5 Å². The predicted molar refractivity (Wildman–Crippen MR) is 116 cm³/mol. The lowest BCUT2D eigenvalue weighted by atomic mass is 10.1. The first-order valence-corrected chi connectivity index (χ1v) is 9.77. The molecule has 0 amide bonds. The van der Waals surface area contributed by atoms with Crippen molar-refractivity contribution in [2.24, 2.45) is 7.05 Å². The number of hydrogen-bond donors (Lipinski definition) is 1. The number of nitrogens with zero attached hydrogens (tertiary/aromatic N) is 7. The molecule has 1 N–H and O–H groups in total. The van der Waals surface area contributed by atoms with Crippen molar-refractivity contribution >= 4 is 11.6 Å². The summed E-state index contributed by atoms with van der Waals surface area (Å²) in [5.41, 5.74) is 4.04. The molecule has 0 aliphatic rings. The summed E-state index contributed by atoms with van der Waals surface area (Å²) in [6.07, 6.45) is 10.4. The molecule has 4 rings (SSSR count). The van der Waals surface area contributed by atoms with E-state index in [9.17, 15) is 5.26 Å². The second-order valence-corrected chi connectivity index (χ2v) is 7.26. The molecular formula is C22H22N8O. The van der Waals surface area contributed by atoms with Crippen LogP contribution in [0.4, 0.5) is 11.6 Å². The first-order valence-electron chi connectivity index (χ1n) is 9.77. The Kier molecular flexibility index (Phi) is 5.62. The van der Waals surface area contributed by atoms with Crippen molar-refractivity contribution in [2.45, 2.75) is 26.5 Å². The third-order valence-corrected chi connectivity index (χ3v) is 4.75. The fraction of sp³-hybridized carbons (Fsp3) is 0.227. The summed E-state index contributed by atoms with van der Waals surface area (Å²) < 4.78 is 9.81. The van der Waals surface area contributed by atoms with Crippen LogP contribution < -0.4 is 10.1 Å². The van der Waals surface area contributed by atoms with E-state index in [1.807, 2.05) is 43.8 Å². The van der Waals surface area contributed by atoms with Crippen LogP contribution >= 0.6 is 0 Å². The van der Waals surface area contributed by atoms with Crippen LogP contribution in [0.3, 0.4) is 0 Å². The standard InChI is InChI=1S/C22H22N8O/c1-15-8-24-14-30(15)12-16(2)31-21-6-17(4-5-18(21)7-23)19-9-25-22(26-10-19)28-20-11-27-29(3)13-20/h4-6,8-11,13-14,16H,12H2,1-3H3,(H,25,26,28)/t16-/m0/s1. The van der Waals surface area contributed by atoms with Gasteiger partial charge in [-0.3, -0.25) is 4.68 Å². The van der Waals surface area contributed by atoms with E-state index >= 15 is 0 Å². The SMILES string of the molecule is Cc1cncn1C[C@H](C)Oc1cc(-c2cnc(Nc3cnn(C)c3)nc2)ccc1C#N. The molecule has 0 saturated heterocycles. The molecule has 0 unspecified atom stereocenters. The van der Waals surface area contributed by atoms with Gasteiger partial charge in [-0.1, -0.05) is 6.07 Å². The van der Waals surface area contributed by atoms with Gasteiger partial charge in [-0.25, -0.2) is 15.0 Å². The maximum Gasteiger partial charge on any atom is 0.227 e. The molecule has 3 aromatic heterocycles. The summed E-state index contributed by atoms with van der Waals surface area (Å²) in [7, 11) is 1.84. The molecule has 9 heteroatoms. The molecule has 4 aromatic rings. The summed E-state index contributed by atoms with van der Waals surface area (Å²) in [6, 6.07) is 7.66. The number of hydrogen-bond acceptors (Lipinski definition) is 7. The number of nitriles is 1. The fourth-order valence-electron chi connectivity index (χ4n) is 3.16. The normalized spacial score (nSPS) is 11.7. The van der Waals surface area contributed by atoms with E-state index in [1.54, 1.807) is 41.9 Å². The minimum absolute atomic E-state index is 0.141. The molecule has 0 spiro atoms. The zero-order valence-corrected chi connectivity index (χ0v) is 17.5. The molecule has 31 heavy (non-hydrogen) atoms. The van der Waals surface area contributed by atoms with Gasteiger partial charge >= 0.3 is 0 Å². The summed E-state index contributed by atoms with van der Waals surface area (Å²) in [5, 5.41) is 16.7. The second kappa shape index (κ2) is 8.67. The topological polar surface area (TPSA) is 106 Å². The van der Waals surface area contributed by atoms with E-state index in [-0.39, 0.29) is 6.10 Å². The molecule has 0 radical (unpaired) electrons. The Morgan fingerprint density at radius 2 is 1.97 bits per heavy atom. The lowest BCUT2D eigenvalue weighted by molar-refractivity contribution is 0.198. The Morgan fingerprint density at radius 3 is 2.61 bits per heavy atom. The van der Waals surface area contributed by atoms with Crippen LogP contribution in [-0.4, -0.2) is 35.4 Å². The van der Waals surface area contributed by atoms with Crippen LogP contribution in [0.15, 0.2) is 55.5 Å². The quantitative estimate of drug-likeness (QED) is 0.493. The molecule has 1 aromatic carbocycles. The van der Waals surface area contributed by atoms with Crippen LogP contribution in [0, 0.1) is 18.3 Å². The first-order chi connectivity index (χ1) is 15.0. The predicted octanol–water partition coefficient (Wildman–Crippen LogP) is 3.46. The Labute approximate surface area is 180 Å². The van der Waals surface area contributed by atoms with Gasteiger partial charge in [0, 0.05) is 43.1 Å². The zero-order chi connectivity index (χ0) is 21.8. The average Bonchev–Trinajstić information content (AvgIpc) is 3.36. The average molecular weight is 414 g/mol. The zero-order valence-electron chi connectivity index (χ0n) is 17.5. The lowest BCUT2D eigenvalue weighted by Crippen LogP contribution is -2.20. The minimum atomic E-state index is -0.141. The Hall–Kier alpha value is -4.19. The van der Waals surface area contributed by atoms with Crippen molar-refractivity contribution < 1.29 is 4.74 Å². The van der Waals surface area contributed by atoms with Crippen molar-refractivity contribution in [3.05, 3.63) is 66.8 Å². The third kappa shape index (κ3) is 4.70. The summed E-state index contributed by atoms with van der Waals surface area (Å²) in [4.78, 5) is 12.9. The number of nitrogens with one attached hydrogen (secondary N) is 1. The van der Waals surface area contributed by atoms with Gasteiger partial charge in [0.1, 0.15) is 17.9 Å². The molecule has 1 atom stereocenters. The number of ether oxygens (including phenoxy) is 1. The Morgan fingerprint density at radius 1 is 1.16 bits per heavy atom. The van der Waals surface area contributed by atoms with E-state index in [4.69, 9.17) is 4.74 Å². The monoisotopic (exact) mass is 414 g/mol. The molecule has 0 saturated carbocycles. The van der Waals surface area contributed by atoms with Gasteiger partial charge in [0.15, 0.2) is 0 Å². The highest BCUT2D eigenvalue weighted by Gasteiger charge is 2.12. The van der Waals surface area contributed by atoms with E-state index in [0.29, 0.717) is 23.8 Å². The molecule has 0 aliphatic carbocycles. The van der Waals surface area contributed by atoms with Crippen LogP contribution in [0.2, 0.25) is 0 Å². The molecule has 156 valence electrons. The maximum absolute atomic E-state index is 9.49. The van der Waals surface area contributed by atoms with Gasteiger partial charge in [-0.05, 0) is 31.5 Å². The largest absolute Gasteiger partial charge is 0.487 e. The van der Waals surface area contributed by atoms with Gasteiger partial charge in [0.25, 0.3) is 0 Å². The first kappa shape index (κ1) is 20.1. The molecule has 0 bridgehead atoms. The molecule has 9 nitrogen and oxygen atoms in total. The number of benzene rings is 1. The highest BCUT2D eigenvalue weighted by Crippen LogP contribution is 2.28. The molecule has 3 heterocycles. The smallest absolute Gasteiger partial charge is 0.227 e. The van der Waals surface area contributed by atoms with Crippen molar-refractivity contribution in [1.82, 2.24) is 29.3 Å². The van der Waals surface area contributed by atoms with Crippen molar-refractivity contribution in [3.63, 3.8) is 0 Å². The van der Waals surface area contributed by atoms with Crippen molar-refractivity contribution in [3.8, 4) is 22.9 Å². The second-order valence-electron chi connectivity index (χ2n) is 7.26. The van der Waals surface area contributed by atoms with E-state index < -0.39 is 0 Å². The molecule has 0 fully saturated rings. The Balaban J connectivity index is 1.51. The number of anilines is 2. The summed E-state index contributed by atoms with van der Waals surface area (Å²) in [5.74, 6) is 1.01. The number of aromatic nitrogens is 6. The molecular weight excluding hydrogens is 392 g/mol. The number of aryl methyl sites for hydroxylation is 2. The fourth-order valence-corrected chi connectivity index (χ4v) is 3.16. The number of imidazole rings is 1. The Bertz CT molecular complexity index is 1220. The van der Waals surface area contributed by atoms with Crippen LogP contribution in [0.25, 0.3) is 11.1 Å². The van der Waals surface area contributed by atoms with Crippen molar-refractivity contribution in [1.29, 1.82) is 5.26 Å². The summed E-state index contributed by atoms with van der Waals surface area (Å²) in [6.45, 7) is 4.60. The van der Waals surface area contributed by atoms with Gasteiger partial charge in [-0.2, -0.15) is 10.4 Å². The van der Waals surface area contributed by atoms with Gasteiger partial charge in [0.2, 0.25) is 5.95 Å². The van der Waals surface area contributed by atoms with E-state index in [1.165, 1.54) is 0 Å².